The lowest BCUT2D eigenvalue weighted by molar-refractivity contribution is 0.0709. The molecule has 0 radical (unpaired) electrons. The zero-order chi connectivity index (χ0) is 13.8. The van der Waals surface area contributed by atoms with Crippen molar-refractivity contribution < 1.29 is 4.74 Å². The van der Waals surface area contributed by atoms with E-state index in [-0.39, 0.29) is 6.10 Å². The maximum absolute atomic E-state index is 5.82. The minimum Gasteiger partial charge on any atom is -0.399 e. The molecule has 2 aromatic rings. The molecule has 0 amide bonds. The quantitative estimate of drug-likeness (QED) is 0.852. The molecule has 0 saturated heterocycles. The fourth-order valence-electron chi connectivity index (χ4n) is 1.68. The van der Waals surface area contributed by atoms with Gasteiger partial charge in [-0.25, -0.2) is 4.68 Å². The van der Waals surface area contributed by atoms with Gasteiger partial charge >= 0.3 is 0 Å². The predicted molar refractivity (Wildman–Crippen MR) is 76.5 cm³/mol. The number of hydrogen-bond donors (Lipinski definition) is 1. The first-order valence-electron chi connectivity index (χ1n) is 6.00. The van der Waals surface area contributed by atoms with Crippen molar-refractivity contribution in [2.45, 2.75) is 26.5 Å². The Labute approximate surface area is 120 Å². The molecule has 1 aromatic heterocycles. The number of nitrogens with two attached hydrogens (primary N) is 1. The second-order valence-corrected chi connectivity index (χ2v) is 5.33. The summed E-state index contributed by atoms with van der Waals surface area (Å²) in [4.78, 5) is 0. The van der Waals surface area contributed by atoms with E-state index in [1.165, 1.54) is 0 Å². The molecular formula is C12H16BrN5O. The minimum absolute atomic E-state index is 0.196. The minimum atomic E-state index is 0.196. The van der Waals surface area contributed by atoms with E-state index >= 15 is 0 Å². The van der Waals surface area contributed by atoms with Crippen molar-refractivity contribution in [3.05, 3.63) is 22.7 Å². The van der Waals surface area contributed by atoms with Crippen LogP contribution in [0, 0.1) is 0 Å². The van der Waals surface area contributed by atoms with Crippen LogP contribution in [0.1, 0.15) is 13.8 Å². The van der Waals surface area contributed by atoms with Crippen LogP contribution in [-0.2, 0) is 11.3 Å². The Kier molecular flexibility index (Phi) is 4.49. The average molecular weight is 326 g/mol. The van der Waals surface area contributed by atoms with Crippen LogP contribution in [0.15, 0.2) is 22.7 Å². The highest BCUT2D eigenvalue weighted by Gasteiger charge is 2.10. The Morgan fingerprint density at radius 1 is 1.37 bits per heavy atom. The molecule has 1 aromatic carbocycles. The van der Waals surface area contributed by atoms with E-state index in [4.69, 9.17) is 10.5 Å². The maximum Gasteiger partial charge on any atom is 0.182 e. The molecule has 0 spiro atoms. The van der Waals surface area contributed by atoms with Crippen LogP contribution >= 0.6 is 15.9 Å². The summed E-state index contributed by atoms with van der Waals surface area (Å²) < 4.78 is 8.11. The highest BCUT2D eigenvalue weighted by molar-refractivity contribution is 9.10. The summed E-state index contributed by atoms with van der Waals surface area (Å²) in [6.07, 6.45) is 0.196. The summed E-state index contributed by atoms with van der Waals surface area (Å²) in [6, 6.07) is 5.61. The van der Waals surface area contributed by atoms with Crippen LogP contribution in [0.2, 0.25) is 0 Å². The Bertz CT molecular complexity index is 535. The molecule has 0 aliphatic carbocycles. The summed E-state index contributed by atoms with van der Waals surface area (Å²) in [7, 11) is 0. The summed E-state index contributed by atoms with van der Waals surface area (Å²) in [5, 5.41) is 11.7. The van der Waals surface area contributed by atoms with E-state index in [0.717, 1.165) is 10.0 Å². The van der Waals surface area contributed by atoms with Crippen LogP contribution in [0.3, 0.4) is 0 Å². The fourth-order valence-corrected chi connectivity index (χ4v) is 2.19. The van der Waals surface area contributed by atoms with Crippen LogP contribution in [-0.4, -0.2) is 32.9 Å². The molecule has 6 nitrogen and oxygen atoms in total. The van der Waals surface area contributed by atoms with Gasteiger partial charge in [0.15, 0.2) is 5.82 Å². The molecule has 0 bridgehead atoms. The van der Waals surface area contributed by atoms with Gasteiger partial charge in [-0.2, -0.15) is 0 Å². The molecular weight excluding hydrogens is 310 g/mol. The summed E-state index contributed by atoms with van der Waals surface area (Å²) in [5.74, 6) is 0.681. The first-order chi connectivity index (χ1) is 9.06. The van der Waals surface area contributed by atoms with Crippen molar-refractivity contribution in [1.82, 2.24) is 20.2 Å². The zero-order valence-corrected chi connectivity index (χ0v) is 12.5. The van der Waals surface area contributed by atoms with E-state index in [9.17, 15) is 0 Å². The molecule has 0 unspecified atom stereocenters. The van der Waals surface area contributed by atoms with Gasteiger partial charge in [0.05, 0.1) is 19.3 Å². The third-order valence-corrected chi connectivity index (χ3v) is 2.92. The number of halogens is 1. The number of ether oxygens (including phenoxy) is 1. The molecule has 19 heavy (non-hydrogen) atoms. The van der Waals surface area contributed by atoms with Gasteiger partial charge in [-0.1, -0.05) is 15.9 Å². The first-order valence-corrected chi connectivity index (χ1v) is 6.80. The van der Waals surface area contributed by atoms with Crippen LogP contribution in [0.25, 0.3) is 11.4 Å². The van der Waals surface area contributed by atoms with Gasteiger partial charge in [-0.05, 0) is 42.5 Å². The number of benzene rings is 1. The van der Waals surface area contributed by atoms with Crippen molar-refractivity contribution >= 4 is 21.6 Å². The van der Waals surface area contributed by atoms with Gasteiger partial charge in [0.1, 0.15) is 0 Å². The van der Waals surface area contributed by atoms with Crippen molar-refractivity contribution in [2.75, 3.05) is 12.3 Å². The molecule has 2 N–H and O–H groups in total. The number of anilines is 1. The smallest absolute Gasteiger partial charge is 0.182 e. The topological polar surface area (TPSA) is 78.8 Å². The van der Waals surface area contributed by atoms with Crippen LogP contribution in [0.5, 0.6) is 0 Å². The van der Waals surface area contributed by atoms with E-state index in [0.29, 0.717) is 24.7 Å². The number of tetrazole rings is 1. The maximum atomic E-state index is 5.82. The Morgan fingerprint density at radius 2 is 2.16 bits per heavy atom. The van der Waals surface area contributed by atoms with Crippen LogP contribution < -0.4 is 5.73 Å². The second-order valence-electron chi connectivity index (χ2n) is 4.42. The van der Waals surface area contributed by atoms with Gasteiger partial charge in [-0.15, -0.1) is 5.10 Å². The lowest BCUT2D eigenvalue weighted by Crippen LogP contribution is -2.12. The Balaban J connectivity index is 2.18. The lowest BCUT2D eigenvalue weighted by atomic mass is 10.2. The van der Waals surface area contributed by atoms with Gasteiger partial charge < -0.3 is 10.5 Å². The summed E-state index contributed by atoms with van der Waals surface area (Å²) in [6.45, 7) is 5.16. The van der Waals surface area contributed by atoms with Gasteiger partial charge in [0.25, 0.3) is 0 Å². The largest absolute Gasteiger partial charge is 0.399 e. The number of hydrogen-bond acceptors (Lipinski definition) is 5. The van der Waals surface area contributed by atoms with E-state index in [1.54, 1.807) is 4.68 Å². The molecule has 2 rings (SSSR count). The summed E-state index contributed by atoms with van der Waals surface area (Å²) >= 11 is 3.41. The predicted octanol–water partition coefficient (Wildman–Crippen LogP) is 2.11. The molecule has 0 aliphatic heterocycles. The normalized spacial score (nSPS) is 11.2. The molecule has 0 saturated carbocycles. The highest BCUT2D eigenvalue weighted by Crippen LogP contribution is 2.24. The van der Waals surface area contributed by atoms with E-state index < -0.39 is 0 Å². The number of rotatable bonds is 5. The Morgan fingerprint density at radius 3 is 2.84 bits per heavy atom. The van der Waals surface area contributed by atoms with E-state index in [1.807, 2.05) is 32.0 Å². The SMILES string of the molecule is CC(C)OCCn1nnnc1-c1cc(N)cc(Br)c1. The van der Waals surface area contributed by atoms with E-state index in [2.05, 4.69) is 31.5 Å². The van der Waals surface area contributed by atoms with Gasteiger partial charge in [0, 0.05) is 15.7 Å². The third kappa shape index (κ3) is 3.74. The van der Waals surface area contributed by atoms with Crippen molar-refractivity contribution in [1.29, 1.82) is 0 Å². The standard InChI is InChI=1S/C12H16BrN5O/c1-8(2)19-4-3-18-12(15-16-17-18)9-5-10(13)7-11(14)6-9/h5-8H,3-4,14H2,1-2H3. The first kappa shape index (κ1) is 14.0. The number of nitrogen functional groups attached to an aromatic ring is 1. The summed E-state index contributed by atoms with van der Waals surface area (Å²) in [5.41, 5.74) is 7.36. The Hall–Kier alpha value is -1.47. The third-order valence-electron chi connectivity index (χ3n) is 2.46. The lowest BCUT2D eigenvalue weighted by Gasteiger charge is -2.08. The van der Waals surface area contributed by atoms with Crippen molar-refractivity contribution in [2.24, 2.45) is 0 Å². The number of nitrogens with zero attached hydrogens (tertiary/aromatic N) is 4. The molecule has 0 atom stereocenters. The van der Waals surface area contributed by atoms with Gasteiger partial charge in [0.2, 0.25) is 0 Å². The number of aromatic nitrogens is 4. The van der Waals surface area contributed by atoms with Gasteiger partial charge in [-0.3, -0.25) is 0 Å². The second kappa shape index (κ2) is 6.12. The molecule has 0 fully saturated rings. The molecule has 7 heteroatoms. The molecule has 102 valence electrons. The van der Waals surface area contributed by atoms with Crippen molar-refractivity contribution in [3.63, 3.8) is 0 Å². The molecule has 0 aliphatic rings. The monoisotopic (exact) mass is 325 g/mol. The highest BCUT2D eigenvalue weighted by atomic mass is 79.9. The van der Waals surface area contributed by atoms with Crippen molar-refractivity contribution in [3.8, 4) is 11.4 Å². The molecule has 1 heterocycles. The fraction of sp³-hybridized carbons (Fsp3) is 0.417. The zero-order valence-electron chi connectivity index (χ0n) is 10.9. The van der Waals surface area contributed by atoms with Crippen LogP contribution in [0.4, 0.5) is 5.69 Å². The average Bonchev–Trinajstić information content (AvgIpc) is 2.75.